The van der Waals surface area contributed by atoms with Crippen LogP contribution in [0.15, 0.2) is 39.2 Å². The summed E-state index contributed by atoms with van der Waals surface area (Å²) < 4.78 is 4.02. The first-order chi connectivity index (χ1) is 16.5. The van der Waals surface area contributed by atoms with Crippen LogP contribution in [-0.4, -0.2) is 46.1 Å². The molecule has 4 rings (SSSR count). The van der Waals surface area contributed by atoms with Gasteiger partial charge >= 0.3 is 0 Å². The van der Waals surface area contributed by atoms with Gasteiger partial charge in [-0.05, 0) is 47.3 Å². The Balaban J connectivity index is 1.50. The van der Waals surface area contributed by atoms with E-state index in [2.05, 4.69) is 53.2 Å². The van der Waals surface area contributed by atoms with Crippen LogP contribution < -0.4 is 11.3 Å². The summed E-state index contributed by atoms with van der Waals surface area (Å²) in [5.41, 5.74) is 7.72. The molecule has 0 saturated carbocycles. The van der Waals surface area contributed by atoms with E-state index in [4.69, 9.17) is 10.6 Å². The second-order valence-electron chi connectivity index (χ2n) is 8.22. The fourth-order valence-corrected chi connectivity index (χ4v) is 4.12. The number of hydrogen-bond acceptors (Lipinski definition) is 7. The SMILES string of the molecule is CCCCCn1c2nc(Br)[nH]c2c(=O)n2c(CCC(C)O/N=C(\N)Cc3cccnc3)nnc12. The van der Waals surface area contributed by atoms with E-state index in [9.17, 15) is 4.79 Å². The van der Waals surface area contributed by atoms with Crippen molar-refractivity contribution in [1.82, 2.24) is 34.1 Å². The van der Waals surface area contributed by atoms with E-state index in [1.165, 1.54) is 0 Å². The fourth-order valence-electron chi connectivity index (χ4n) is 3.75. The van der Waals surface area contributed by atoms with Gasteiger partial charge in [-0.2, -0.15) is 0 Å². The van der Waals surface area contributed by atoms with Crippen LogP contribution in [0.1, 0.15) is 50.9 Å². The lowest BCUT2D eigenvalue weighted by atomic mass is 10.2. The summed E-state index contributed by atoms with van der Waals surface area (Å²) >= 11 is 3.35. The Labute approximate surface area is 204 Å². The molecule has 0 bridgehead atoms. The highest BCUT2D eigenvalue weighted by Crippen LogP contribution is 2.17. The number of imidazole rings is 1. The maximum Gasteiger partial charge on any atom is 0.286 e. The van der Waals surface area contributed by atoms with Crippen LogP contribution >= 0.6 is 15.9 Å². The zero-order valence-electron chi connectivity index (χ0n) is 19.2. The first-order valence-electron chi connectivity index (χ1n) is 11.4. The highest BCUT2D eigenvalue weighted by molar-refractivity contribution is 9.10. The number of hydrogen-bond donors (Lipinski definition) is 2. The number of rotatable bonds is 11. The molecule has 4 aromatic heterocycles. The van der Waals surface area contributed by atoms with Crippen LogP contribution in [0.2, 0.25) is 0 Å². The third-order valence-corrected chi connectivity index (χ3v) is 5.88. The molecular weight excluding hydrogens is 502 g/mol. The second-order valence-corrected chi connectivity index (χ2v) is 8.97. The molecule has 0 radical (unpaired) electrons. The molecule has 0 aliphatic heterocycles. The smallest absolute Gasteiger partial charge is 0.286 e. The third-order valence-electron chi connectivity index (χ3n) is 5.50. The molecule has 0 fully saturated rings. The summed E-state index contributed by atoms with van der Waals surface area (Å²) in [5, 5.41) is 12.7. The van der Waals surface area contributed by atoms with Crippen molar-refractivity contribution in [2.24, 2.45) is 10.9 Å². The summed E-state index contributed by atoms with van der Waals surface area (Å²) in [4.78, 5) is 30.3. The minimum Gasteiger partial charge on any atom is -0.391 e. The molecule has 0 saturated heterocycles. The van der Waals surface area contributed by atoms with Crippen molar-refractivity contribution in [2.45, 2.75) is 65.0 Å². The van der Waals surface area contributed by atoms with Crippen LogP contribution in [0.4, 0.5) is 0 Å². The Morgan fingerprint density at radius 2 is 2.21 bits per heavy atom. The van der Waals surface area contributed by atoms with Crippen molar-refractivity contribution >= 4 is 38.7 Å². The molecule has 4 aromatic rings. The predicted octanol–water partition coefficient (Wildman–Crippen LogP) is 2.97. The van der Waals surface area contributed by atoms with Gasteiger partial charge in [-0.1, -0.05) is 31.0 Å². The predicted molar refractivity (Wildman–Crippen MR) is 133 cm³/mol. The van der Waals surface area contributed by atoms with E-state index in [1.54, 1.807) is 16.8 Å². The van der Waals surface area contributed by atoms with Gasteiger partial charge in [-0.25, -0.2) is 9.38 Å². The number of nitrogens with two attached hydrogens (primary N) is 1. The normalized spacial score (nSPS) is 13.1. The monoisotopic (exact) mass is 529 g/mol. The van der Waals surface area contributed by atoms with Gasteiger partial charge in [-0.3, -0.25) is 14.3 Å². The molecule has 34 heavy (non-hydrogen) atoms. The highest BCUT2D eigenvalue weighted by atomic mass is 79.9. The van der Waals surface area contributed by atoms with Gasteiger partial charge in [0.2, 0.25) is 5.78 Å². The average molecular weight is 530 g/mol. The van der Waals surface area contributed by atoms with Crippen molar-refractivity contribution in [2.75, 3.05) is 0 Å². The highest BCUT2D eigenvalue weighted by Gasteiger charge is 2.20. The molecule has 3 N–H and O–H groups in total. The number of pyridine rings is 1. The molecule has 1 unspecified atom stereocenters. The minimum atomic E-state index is -0.225. The summed E-state index contributed by atoms with van der Waals surface area (Å²) in [6.07, 6.45) is 7.89. The van der Waals surface area contributed by atoms with Crippen molar-refractivity contribution in [1.29, 1.82) is 0 Å². The first-order valence-corrected chi connectivity index (χ1v) is 12.2. The van der Waals surface area contributed by atoms with Crippen LogP contribution in [0.25, 0.3) is 16.9 Å². The quantitative estimate of drug-likeness (QED) is 0.0999. The van der Waals surface area contributed by atoms with E-state index >= 15 is 0 Å². The van der Waals surface area contributed by atoms with Crippen molar-refractivity contribution in [3.8, 4) is 0 Å². The number of amidine groups is 1. The number of aryl methyl sites for hydroxylation is 2. The third kappa shape index (κ3) is 5.27. The second kappa shape index (κ2) is 10.8. The average Bonchev–Trinajstić information content (AvgIpc) is 3.43. The molecule has 4 heterocycles. The van der Waals surface area contributed by atoms with Gasteiger partial charge < -0.3 is 15.6 Å². The molecular formula is C22H28BrN9O2. The zero-order valence-corrected chi connectivity index (χ0v) is 20.8. The minimum absolute atomic E-state index is 0.220. The van der Waals surface area contributed by atoms with Crippen LogP contribution in [-0.2, 0) is 24.2 Å². The van der Waals surface area contributed by atoms with Crippen molar-refractivity contribution in [3.05, 3.63) is 51.0 Å². The molecule has 180 valence electrons. The number of aromatic amines is 1. The molecule has 12 heteroatoms. The van der Waals surface area contributed by atoms with E-state index in [0.717, 1.165) is 24.8 Å². The first kappa shape index (κ1) is 23.9. The number of unbranched alkanes of at least 4 members (excludes halogenated alkanes) is 2. The van der Waals surface area contributed by atoms with E-state index < -0.39 is 0 Å². The molecule has 0 spiro atoms. The summed E-state index contributed by atoms with van der Waals surface area (Å²) in [7, 11) is 0. The number of aromatic nitrogens is 7. The van der Waals surface area contributed by atoms with Crippen LogP contribution in [0.5, 0.6) is 0 Å². The van der Waals surface area contributed by atoms with E-state index in [1.807, 2.05) is 23.6 Å². The molecule has 1 atom stereocenters. The molecule has 0 aliphatic carbocycles. The van der Waals surface area contributed by atoms with Gasteiger partial charge in [-0.15, -0.1) is 10.2 Å². The maximum atomic E-state index is 13.2. The molecule has 11 nitrogen and oxygen atoms in total. The Morgan fingerprint density at radius 1 is 1.35 bits per heavy atom. The van der Waals surface area contributed by atoms with Gasteiger partial charge in [0, 0.05) is 31.8 Å². The Kier molecular flexibility index (Phi) is 7.56. The summed E-state index contributed by atoms with van der Waals surface area (Å²) in [6.45, 7) is 4.75. The molecule has 0 amide bonds. The van der Waals surface area contributed by atoms with Gasteiger partial charge in [0.1, 0.15) is 17.8 Å². The Morgan fingerprint density at radius 3 is 2.97 bits per heavy atom. The number of H-pyrrole nitrogens is 1. The summed E-state index contributed by atoms with van der Waals surface area (Å²) in [5.74, 6) is 1.43. The maximum absolute atomic E-state index is 13.2. The fraction of sp³-hybridized carbons (Fsp3) is 0.455. The van der Waals surface area contributed by atoms with E-state index in [-0.39, 0.29) is 11.7 Å². The Hall–Kier alpha value is -3.28. The number of oxime groups is 1. The number of nitrogens with zero attached hydrogens (tertiary/aromatic N) is 7. The lowest BCUT2D eigenvalue weighted by Crippen LogP contribution is -2.22. The largest absolute Gasteiger partial charge is 0.391 e. The lowest BCUT2D eigenvalue weighted by molar-refractivity contribution is 0.0655. The van der Waals surface area contributed by atoms with Gasteiger partial charge in [0.15, 0.2) is 15.9 Å². The number of nitrogens with one attached hydrogen (secondary N) is 1. The van der Waals surface area contributed by atoms with Crippen molar-refractivity contribution in [3.63, 3.8) is 0 Å². The topological polar surface area (TPSA) is 141 Å². The van der Waals surface area contributed by atoms with Gasteiger partial charge in [0.05, 0.1) is 0 Å². The molecule has 0 aromatic carbocycles. The summed E-state index contributed by atoms with van der Waals surface area (Å²) in [6, 6.07) is 3.78. The standard InChI is InChI=1S/C22H28BrN9O2/c1-3-4-5-11-31-19-18(26-21(23)27-19)20(33)32-17(28-29-22(31)32)9-8-14(2)34-30-16(24)12-15-7-6-10-25-13-15/h6-7,10,13-14H,3-5,8-9,11-12H2,1-2H3,(H2,24,30)(H,26,27). The Bertz CT molecular complexity index is 1340. The van der Waals surface area contributed by atoms with Crippen LogP contribution in [0, 0.1) is 0 Å². The zero-order chi connectivity index (χ0) is 24.1. The van der Waals surface area contributed by atoms with Crippen molar-refractivity contribution < 1.29 is 4.84 Å². The number of fused-ring (bicyclic) bond motifs is 2. The van der Waals surface area contributed by atoms with E-state index in [0.29, 0.717) is 59.1 Å². The molecule has 0 aliphatic rings. The lowest BCUT2D eigenvalue weighted by Gasteiger charge is -2.11. The van der Waals surface area contributed by atoms with Gasteiger partial charge in [0.25, 0.3) is 5.56 Å². The van der Waals surface area contributed by atoms with Crippen LogP contribution in [0.3, 0.4) is 0 Å². The number of halogens is 1.